The zero-order valence-corrected chi connectivity index (χ0v) is 21.8. The van der Waals surface area contributed by atoms with Crippen molar-refractivity contribution >= 4 is 0 Å². The summed E-state index contributed by atoms with van der Waals surface area (Å²) in [6, 6.07) is 40.0. The van der Waals surface area contributed by atoms with E-state index in [0.29, 0.717) is 6.61 Å². The Balaban J connectivity index is 1.77. The predicted octanol–water partition coefficient (Wildman–Crippen LogP) is 8.57. The lowest BCUT2D eigenvalue weighted by Gasteiger charge is -2.36. The van der Waals surface area contributed by atoms with Crippen LogP contribution in [-0.4, -0.2) is 16.8 Å². The molecule has 190 valence electrons. The third-order valence-corrected chi connectivity index (χ3v) is 7.34. The first-order valence-electron chi connectivity index (χ1n) is 13.1. The van der Waals surface area contributed by atoms with Gasteiger partial charge in [0.15, 0.2) is 0 Å². The van der Waals surface area contributed by atoms with Crippen molar-refractivity contribution in [3.05, 3.63) is 138 Å². The van der Waals surface area contributed by atoms with Crippen LogP contribution in [0.3, 0.4) is 0 Å². The molecule has 0 aromatic heterocycles. The van der Waals surface area contributed by atoms with E-state index in [1.54, 1.807) is 12.1 Å². The lowest BCUT2D eigenvalue weighted by Crippen LogP contribution is -2.28. The topological polar surface area (TPSA) is 49.7 Å². The average Bonchev–Trinajstić information content (AvgIpc) is 2.97. The van der Waals surface area contributed by atoms with E-state index in [1.165, 1.54) is 0 Å². The highest BCUT2D eigenvalue weighted by Gasteiger charge is 2.36. The van der Waals surface area contributed by atoms with E-state index in [9.17, 15) is 10.2 Å². The van der Waals surface area contributed by atoms with E-state index in [1.807, 2.05) is 91.9 Å². The van der Waals surface area contributed by atoms with Crippen LogP contribution in [0, 0.1) is 0 Å². The molecule has 0 atom stereocenters. The summed E-state index contributed by atoms with van der Waals surface area (Å²) in [5, 5.41) is 21.7. The minimum absolute atomic E-state index is 0.243. The van der Waals surface area contributed by atoms with Crippen LogP contribution in [0.15, 0.2) is 121 Å². The molecule has 5 rings (SSSR count). The van der Waals surface area contributed by atoms with E-state index in [0.717, 1.165) is 51.1 Å². The largest absolute Gasteiger partial charge is 0.507 e. The number of aromatic hydroxyl groups is 2. The summed E-state index contributed by atoms with van der Waals surface area (Å²) in [6.45, 7) is 4.77. The Bertz CT molecular complexity index is 1420. The van der Waals surface area contributed by atoms with Crippen LogP contribution < -0.4 is 4.74 Å². The number of benzene rings is 5. The molecule has 5 aromatic carbocycles. The summed E-state index contributed by atoms with van der Waals surface area (Å²) in [5.41, 5.74) is 6.18. The monoisotopic (exact) mass is 500 g/mol. The SMILES string of the molecule is CCOc1ccc(C(CC)(c2ccc(O)c(-c3ccccc3)c2)c2ccc(O)c(-c3ccccc3)c2)cc1. The quantitative estimate of drug-likeness (QED) is 0.210. The summed E-state index contributed by atoms with van der Waals surface area (Å²) < 4.78 is 5.74. The number of hydrogen-bond acceptors (Lipinski definition) is 3. The number of phenolic OH excluding ortho intramolecular Hbond substituents is 2. The highest BCUT2D eigenvalue weighted by atomic mass is 16.5. The lowest BCUT2D eigenvalue weighted by atomic mass is 9.67. The van der Waals surface area contributed by atoms with Crippen LogP contribution in [-0.2, 0) is 5.41 Å². The van der Waals surface area contributed by atoms with Crippen molar-refractivity contribution in [3.63, 3.8) is 0 Å². The first-order valence-corrected chi connectivity index (χ1v) is 13.1. The van der Waals surface area contributed by atoms with Gasteiger partial charge in [-0.2, -0.15) is 0 Å². The van der Waals surface area contributed by atoms with Gasteiger partial charge in [-0.15, -0.1) is 0 Å². The van der Waals surface area contributed by atoms with Crippen molar-refractivity contribution < 1.29 is 14.9 Å². The third-order valence-electron chi connectivity index (χ3n) is 7.34. The molecule has 0 amide bonds. The molecule has 3 nitrogen and oxygen atoms in total. The van der Waals surface area contributed by atoms with Crippen LogP contribution in [0.1, 0.15) is 37.0 Å². The fourth-order valence-corrected chi connectivity index (χ4v) is 5.42. The highest BCUT2D eigenvalue weighted by molar-refractivity contribution is 5.74. The summed E-state index contributed by atoms with van der Waals surface area (Å²) in [4.78, 5) is 0. The van der Waals surface area contributed by atoms with Crippen molar-refractivity contribution in [1.82, 2.24) is 0 Å². The second-order valence-corrected chi connectivity index (χ2v) is 9.41. The van der Waals surface area contributed by atoms with E-state index in [2.05, 4.69) is 31.2 Å². The molecule has 0 bridgehead atoms. The zero-order chi connectivity index (χ0) is 26.5. The average molecular weight is 501 g/mol. The molecule has 0 fully saturated rings. The molecule has 0 unspecified atom stereocenters. The Labute approximate surface area is 224 Å². The van der Waals surface area contributed by atoms with Crippen LogP contribution in [0.25, 0.3) is 22.3 Å². The molecule has 0 saturated carbocycles. The van der Waals surface area contributed by atoms with E-state index < -0.39 is 5.41 Å². The Morgan fingerprint density at radius 3 is 1.42 bits per heavy atom. The lowest BCUT2D eigenvalue weighted by molar-refractivity contribution is 0.340. The maximum atomic E-state index is 10.8. The molecule has 2 N–H and O–H groups in total. The normalized spacial score (nSPS) is 11.3. The molecule has 0 radical (unpaired) electrons. The van der Waals surface area contributed by atoms with E-state index in [-0.39, 0.29) is 11.5 Å². The Kier molecular flexibility index (Phi) is 7.19. The Hall–Kier alpha value is -4.50. The van der Waals surface area contributed by atoms with Gasteiger partial charge in [-0.1, -0.05) is 91.9 Å². The van der Waals surface area contributed by atoms with Crippen molar-refractivity contribution in [2.45, 2.75) is 25.7 Å². The molecule has 38 heavy (non-hydrogen) atoms. The first-order chi connectivity index (χ1) is 18.6. The molecule has 0 saturated heterocycles. The predicted molar refractivity (Wildman–Crippen MR) is 155 cm³/mol. The summed E-state index contributed by atoms with van der Waals surface area (Å²) in [5.74, 6) is 1.31. The van der Waals surface area contributed by atoms with Crippen LogP contribution in [0.2, 0.25) is 0 Å². The maximum Gasteiger partial charge on any atom is 0.123 e. The molecule has 3 heteroatoms. The highest BCUT2D eigenvalue weighted by Crippen LogP contribution is 2.47. The second-order valence-electron chi connectivity index (χ2n) is 9.41. The molecule has 0 heterocycles. The van der Waals surface area contributed by atoms with Gasteiger partial charge >= 0.3 is 0 Å². The molecule has 0 aliphatic heterocycles. The molecule has 0 aliphatic carbocycles. The molecule has 5 aromatic rings. The number of hydrogen-bond donors (Lipinski definition) is 2. The fraction of sp³-hybridized carbons (Fsp3) is 0.143. The summed E-state index contributed by atoms with van der Waals surface area (Å²) >= 11 is 0. The molecular weight excluding hydrogens is 468 g/mol. The van der Waals surface area contributed by atoms with Crippen LogP contribution >= 0.6 is 0 Å². The minimum Gasteiger partial charge on any atom is -0.507 e. The number of ether oxygens (including phenoxy) is 1. The van der Waals surface area contributed by atoms with Gasteiger partial charge in [-0.05, 0) is 77.6 Å². The van der Waals surface area contributed by atoms with Gasteiger partial charge in [-0.3, -0.25) is 0 Å². The number of phenols is 2. The summed E-state index contributed by atoms with van der Waals surface area (Å²) in [6.07, 6.45) is 0.763. The van der Waals surface area contributed by atoms with Crippen molar-refractivity contribution in [2.24, 2.45) is 0 Å². The van der Waals surface area contributed by atoms with Gasteiger partial charge in [0.1, 0.15) is 17.2 Å². The molecule has 0 aliphatic rings. The standard InChI is InChI=1S/C35H32O3/c1-3-35(27-15-19-30(20-16-27)38-4-2,28-17-21-33(36)31(23-28)25-11-7-5-8-12-25)29-18-22-34(37)32(24-29)26-13-9-6-10-14-26/h5-24,36-37H,3-4H2,1-2H3. The van der Waals surface area contributed by atoms with Crippen LogP contribution in [0.4, 0.5) is 0 Å². The Morgan fingerprint density at radius 1 is 0.553 bits per heavy atom. The fourth-order valence-electron chi connectivity index (χ4n) is 5.42. The third kappa shape index (κ3) is 4.64. The zero-order valence-electron chi connectivity index (χ0n) is 21.8. The minimum atomic E-state index is -0.542. The first kappa shape index (κ1) is 25.2. The van der Waals surface area contributed by atoms with Gasteiger partial charge in [0.05, 0.1) is 6.61 Å². The second kappa shape index (κ2) is 10.9. The number of rotatable bonds is 8. The van der Waals surface area contributed by atoms with E-state index in [4.69, 9.17) is 4.74 Å². The van der Waals surface area contributed by atoms with Crippen molar-refractivity contribution in [1.29, 1.82) is 0 Å². The van der Waals surface area contributed by atoms with E-state index >= 15 is 0 Å². The smallest absolute Gasteiger partial charge is 0.123 e. The van der Waals surface area contributed by atoms with Gasteiger partial charge in [-0.25, -0.2) is 0 Å². The van der Waals surface area contributed by atoms with Gasteiger partial charge in [0, 0.05) is 16.5 Å². The van der Waals surface area contributed by atoms with Crippen molar-refractivity contribution in [3.8, 4) is 39.5 Å². The Morgan fingerprint density at radius 2 is 1.00 bits per heavy atom. The molecule has 0 spiro atoms. The maximum absolute atomic E-state index is 10.8. The van der Waals surface area contributed by atoms with Gasteiger partial charge < -0.3 is 14.9 Å². The van der Waals surface area contributed by atoms with Crippen LogP contribution in [0.5, 0.6) is 17.2 Å². The summed E-state index contributed by atoms with van der Waals surface area (Å²) in [7, 11) is 0. The molecular formula is C35H32O3. The van der Waals surface area contributed by atoms with Gasteiger partial charge in [0.2, 0.25) is 0 Å². The van der Waals surface area contributed by atoms with Crippen molar-refractivity contribution in [2.75, 3.05) is 6.61 Å². The van der Waals surface area contributed by atoms with Gasteiger partial charge in [0.25, 0.3) is 0 Å².